The Morgan fingerprint density at radius 2 is 1.48 bits per heavy atom. The van der Waals surface area contributed by atoms with E-state index in [4.69, 9.17) is 14.2 Å². The van der Waals surface area contributed by atoms with Gasteiger partial charge in [0.1, 0.15) is 18.8 Å². The van der Waals surface area contributed by atoms with Crippen molar-refractivity contribution in [1.29, 1.82) is 0 Å². The Labute approximate surface area is 183 Å². The zero-order valence-electron chi connectivity index (χ0n) is 17.8. The number of aliphatic hydroxyl groups is 1. The lowest BCUT2D eigenvalue weighted by molar-refractivity contribution is -0.0123. The first-order valence-corrected chi connectivity index (χ1v) is 10.7. The number of hydrogen-bond acceptors (Lipinski definition) is 5. The number of hydrogen-bond donors (Lipinski definition) is 1. The molecule has 1 aliphatic heterocycles. The molecule has 0 fully saturated rings. The number of rotatable bonds is 9. The van der Waals surface area contributed by atoms with Crippen molar-refractivity contribution in [2.24, 2.45) is 0 Å². The standard InChI is InChI=1S/C26H29NO4/c1-27(17-23-19-29-24-14-8-9-15-25(24)31-23)16-22(28)18-30-26(20-10-4-2-5-11-20)21-12-6-3-7-13-21/h2-15,22-23,26,28H,16-19H2,1H3/t22-,23-/m0/s1. The van der Waals surface area contributed by atoms with E-state index in [1.807, 2.05) is 67.7 Å². The van der Waals surface area contributed by atoms with Crippen LogP contribution in [-0.4, -0.2) is 55.6 Å². The van der Waals surface area contributed by atoms with Crippen LogP contribution in [0, 0.1) is 0 Å². The van der Waals surface area contributed by atoms with Crippen molar-refractivity contribution in [3.05, 3.63) is 96.1 Å². The van der Waals surface area contributed by atoms with Crippen molar-refractivity contribution in [2.45, 2.75) is 18.3 Å². The minimum absolute atomic E-state index is 0.0746. The zero-order valence-corrected chi connectivity index (χ0v) is 17.8. The molecule has 0 saturated heterocycles. The summed E-state index contributed by atoms with van der Waals surface area (Å²) in [7, 11) is 1.97. The number of fused-ring (bicyclic) bond motifs is 1. The van der Waals surface area contributed by atoms with Crippen LogP contribution in [0.3, 0.4) is 0 Å². The van der Waals surface area contributed by atoms with Crippen LogP contribution in [-0.2, 0) is 4.74 Å². The van der Waals surface area contributed by atoms with Crippen LogP contribution < -0.4 is 9.47 Å². The van der Waals surface area contributed by atoms with Gasteiger partial charge in [-0.3, -0.25) is 4.90 Å². The molecular weight excluding hydrogens is 390 g/mol. The molecule has 31 heavy (non-hydrogen) atoms. The predicted octanol–water partition coefficient (Wildman–Crippen LogP) is 3.93. The predicted molar refractivity (Wildman–Crippen MR) is 121 cm³/mol. The number of ether oxygens (including phenoxy) is 3. The third-order valence-electron chi connectivity index (χ3n) is 5.27. The number of benzene rings is 3. The first-order chi connectivity index (χ1) is 15.2. The van der Waals surface area contributed by atoms with E-state index in [1.165, 1.54) is 0 Å². The van der Waals surface area contributed by atoms with E-state index < -0.39 is 6.10 Å². The van der Waals surface area contributed by atoms with Gasteiger partial charge in [0.25, 0.3) is 0 Å². The summed E-state index contributed by atoms with van der Waals surface area (Å²) in [5, 5.41) is 10.6. The Kier molecular flexibility index (Phi) is 7.20. The van der Waals surface area contributed by atoms with Gasteiger partial charge in [0.05, 0.1) is 12.7 Å². The van der Waals surface area contributed by atoms with Crippen molar-refractivity contribution < 1.29 is 19.3 Å². The van der Waals surface area contributed by atoms with Crippen LogP contribution in [0.4, 0.5) is 0 Å². The Hall–Kier alpha value is -2.86. The molecule has 0 aliphatic carbocycles. The topological polar surface area (TPSA) is 51.2 Å². The summed E-state index contributed by atoms with van der Waals surface area (Å²) in [5.74, 6) is 1.55. The van der Waals surface area contributed by atoms with Gasteiger partial charge < -0.3 is 19.3 Å². The van der Waals surface area contributed by atoms with Crippen LogP contribution in [0.25, 0.3) is 0 Å². The van der Waals surface area contributed by atoms with Crippen LogP contribution in [0.5, 0.6) is 11.5 Å². The second kappa shape index (κ2) is 10.4. The van der Waals surface area contributed by atoms with Crippen molar-refractivity contribution in [3.63, 3.8) is 0 Å². The quantitative estimate of drug-likeness (QED) is 0.570. The molecule has 0 saturated carbocycles. The third kappa shape index (κ3) is 5.85. The smallest absolute Gasteiger partial charge is 0.161 e. The summed E-state index contributed by atoms with van der Waals surface area (Å²) in [6.07, 6.45) is -0.903. The Balaban J connectivity index is 1.30. The summed E-state index contributed by atoms with van der Waals surface area (Å²) in [6, 6.07) is 27.9. The largest absolute Gasteiger partial charge is 0.486 e. The van der Waals surface area contributed by atoms with Gasteiger partial charge in [0.15, 0.2) is 11.5 Å². The minimum atomic E-state index is -0.614. The molecule has 3 aromatic rings. The van der Waals surface area contributed by atoms with E-state index in [1.54, 1.807) is 0 Å². The fourth-order valence-corrected chi connectivity index (χ4v) is 3.84. The molecule has 0 amide bonds. The van der Waals surface area contributed by atoms with E-state index >= 15 is 0 Å². The van der Waals surface area contributed by atoms with Gasteiger partial charge >= 0.3 is 0 Å². The third-order valence-corrected chi connectivity index (χ3v) is 5.27. The number of aliphatic hydroxyl groups excluding tert-OH is 1. The molecule has 0 aromatic heterocycles. The van der Waals surface area contributed by atoms with Crippen LogP contribution in [0.15, 0.2) is 84.9 Å². The molecule has 4 rings (SSSR count). The van der Waals surface area contributed by atoms with Gasteiger partial charge in [-0.25, -0.2) is 0 Å². The molecule has 0 spiro atoms. The number of para-hydroxylation sites is 2. The maximum absolute atomic E-state index is 10.6. The summed E-state index contributed by atoms with van der Waals surface area (Å²) < 4.78 is 18.0. The Morgan fingerprint density at radius 3 is 2.13 bits per heavy atom. The highest BCUT2D eigenvalue weighted by Gasteiger charge is 2.23. The summed E-state index contributed by atoms with van der Waals surface area (Å²) >= 11 is 0. The highest BCUT2D eigenvalue weighted by atomic mass is 16.6. The monoisotopic (exact) mass is 419 g/mol. The molecule has 0 unspecified atom stereocenters. The lowest BCUT2D eigenvalue weighted by atomic mass is 10.0. The van der Waals surface area contributed by atoms with Gasteiger partial charge in [-0.2, -0.15) is 0 Å². The molecule has 162 valence electrons. The average molecular weight is 420 g/mol. The van der Waals surface area contributed by atoms with E-state index in [0.717, 1.165) is 22.6 Å². The Morgan fingerprint density at radius 1 is 0.903 bits per heavy atom. The summed E-state index contributed by atoms with van der Waals surface area (Å²) in [4.78, 5) is 2.05. The van der Waals surface area contributed by atoms with Gasteiger partial charge in [-0.15, -0.1) is 0 Å². The van der Waals surface area contributed by atoms with Crippen LogP contribution >= 0.6 is 0 Å². The lowest BCUT2D eigenvalue weighted by Gasteiger charge is -2.30. The normalized spacial score (nSPS) is 16.5. The molecule has 3 aromatic carbocycles. The van der Waals surface area contributed by atoms with Gasteiger partial charge in [0.2, 0.25) is 0 Å². The second-order valence-corrected chi connectivity index (χ2v) is 7.91. The number of likely N-dealkylation sites (N-methyl/N-ethyl adjacent to an activating group) is 1. The van der Waals surface area contributed by atoms with Crippen molar-refractivity contribution in [3.8, 4) is 11.5 Å². The molecule has 1 N–H and O–H groups in total. The maximum Gasteiger partial charge on any atom is 0.161 e. The molecule has 1 heterocycles. The van der Waals surface area contributed by atoms with Crippen LogP contribution in [0.1, 0.15) is 17.2 Å². The van der Waals surface area contributed by atoms with Crippen molar-refractivity contribution in [2.75, 3.05) is 33.4 Å². The van der Waals surface area contributed by atoms with E-state index in [2.05, 4.69) is 29.2 Å². The highest BCUT2D eigenvalue weighted by molar-refractivity contribution is 5.40. The summed E-state index contributed by atoms with van der Waals surface area (Å²) in [5.41, 5.74) is 2.14. The van der Waals surface area contributed by atoms with Gasteiger partial charge in [-0.1, -0.05) is 72.8 Å². The van der Waals surface area contributed by atoms with Gasteiger partial charge in [0, 0.05) is 13.1 Å². The first-order valence-electron chi connectivity index (χ1n) is 10.7. The van der Waals surface area contributed by atoms with E-state index in [9.17, 15) is 5.11 Å². The SMILES string of the molecule is CN(C[C@H](O)COC(c1ccccc1)c1ccccc1)C[C@H]1COc2ccccc2O1. The van der Waals surface area contributed by atoms with Crippen molar-refractivity contribution >= 4 is 0 Å². The fourth-order valence-electron chi connectivity index (χ4n) is 3.84. The molecule has 5 heteroatoms. The molecular formula is C26H29NO4. The van der Waals surface area contributed by atoms with Crippen LogP contribution in [0.2, 0.25) is 0 Å². The molecule has 1 aliphatic rings. The highest BCUT2D eigenvalue weighted by Crippen LogP contribution is 2.31. The minimum Gasteiger partial charge on any atom is -0.486 e. The summed E-state index contributed by atoms with van der Waals surface area (Å²) in [6.45, 7) is 1.88. The van der Waals surface area contributed by atoms with Gasteiger partial charge in [-0.05, 0) is 30.3 Å². The van der Waals surface area contributed by atoms with Crippen molar-refractivity contribution in [1.82, 2.24) is 4.90 Å². The molecule has 5 nitrogen and oxygen atoms in total. The van der Waals surface area contributed by atoms with E-state index in [-0.39, 0.29) is 18.8 Å². The Bertz CT molecular complexity index is 895. The number of nitrogens with zero attached hydrogens (tertiary/aromatic N) is 1. The zero-order chi connectivity index (χ0) is 21.5. The molecule has 0 radical (unpaired) electrons. The first kappa shape index (κ1) is 21.4. The second-order valence-electron chi connectivity index (χ2n) is 7.91. The average Bonchev–Trinajstić information content (AvgIpc) is 2.80. The fraction of sp³-hybridized carbons (Fsp3) is 0.308. The molecule has 0 bridgehead atoms. The maximum atomic E-state index is 10.6. The molecule has 2 atom stereocenters. The van der Waals surface area contributed by atoms with E-state index in [0.29, 0.717) is 19.7 Å². The lowest BCUT2D eigenvalue weighted by Crippen LogP contribution is -2.42.